The van der Waals surface area contributed by atoms with Gasteiger partial charge in [-0.1, -0.05) is 24.6 Å². The minimum Gasteiger partial charge on any atom is -0.490 e. The van der Waals surface area contributed by atoms with Gasteiger partial charge in [0.15, 0.2) is 0 Å². The molecule has 1 saturated carbocycles. The summed E-state index contributed by atoms with van der Waals surface area (Å²) in [6, 6.07) is 10.4. The summed E-state index contributed by atoms with van der Waals surface area (Å²) in [7, 11) is 0. The first-order valence-corrected chi connectivity index (χ1v) is 10.5. The van der Waals surface area contributed by atoms with Crippen LogP contribution < -0.4 is 20.7 Å². The Morgan fingerprint density at radius 2 is 1.58 bits per heavy atom. The number of hydrogen-bond donors (Lipinski definition) is 3. The van der Waals surface area contributed by atoms with Gasteiger partial charge in [0.25, 0.3) is 5.91 Å². The van der Waals surface area contributed by atoms with Crippen LogP contribution in [-0.4, -0.2) is 31.1 Å². The smallest absolute Gasteiger partial charge is 0.315 e. The van der Waals surface area contributed by atoms with Gasteiger partial charge in [-0.3, -0.25) is 4.79 Å². The van der Waals surface area contributed by atoms with E-state index in [0.717, 1.165) is 36.3 Å². The van der Waals surface area contributed by atoms with Crippen molar-refractivity contribution in [3.8, 4) is 5.75 Å². The van der Waals surface area contributed by atoms with Gasteiger partial charge < -0.3 is 20.7 Å². The highest BCUT2D eigenvalue weighted by atomic mass is 19.1. The van der Waals surface area contributed by atoms with Crippen LogP contribution in [0.4, 0.5) is 13.6 Å². The van der Waals surface area contributed by atoms with E-state index in [4.69, 9.17) is 4.74 Å². The van der Waals surface area contributed by atoms with Crippen molar-refractivity contribution in [1.82, 2.24) is 16.0 Å². The molecule has 0 saturated heterocycles. The standard InChI is InChI=1S/C23H27F2N3O3/c24-19-10-5-11-20(25)21(19)22(29)26-12-13-27-23(30)28-15-16-6-4-9-18(14-16)31-17-7-2-1-3-8-17/h4-6,9-11,14,17H,1-3,7-8,12-13,15H2,(H,26,29)(H2,27,28,30). The van der Waals surface area contributed by atoms with Gasteiger partial charge in [0.05, 0.1) is 6.10 Å². The minimum atomic E-state index is -0.933. The molecule has 31 heavy (non-hydrogen) atoms. The molecule has 0 aliphatic heterocycles. The summed E-state index contributed by atoms with van der Waals surface area (Å²) in [4.78, 5) is 23.8. The van der Waals surface area contributed by atoms with E-state index in [1.165, 1.54) is 25.3 Å². The first kappa shape index (κ1) is 22.5. The van der Waals surface area contributed by atoms with Crippen LogP contribution in [0.2, 0.25) is 0 Å². The molecule has 0 radical (unpaired) electrons. The second-order valence-corrected chi connectivity index (χ2v) is 7.49. The zero-order valence-electron chi connectivity index (χ0n) is 17.3. The Morgan fingerprint density at radius 3 is 2.32 bits per heavy atom. The fourth-order valence-corrected chi connectivity index (χ4v) is 3.50. The number of carbonyl (C=O) groups excluding carboxylic acids is 2. The maximum absolute atomic E-state index is 13.6. The highest BCUT2D eigenvalue weighted by Gasteiger charge is 2.16. The number of urea groups is 1. The Kier molecular flexibility index (Phi) is 8.20. The van der Waals surface area contributed by atoms with Crippen LogP contribution >= 0.6 is 0 Å². The van der Waals surface area contributed by atoms with Gasteiger partial charge in [0.2, 0.25) is 0 Å². The maximum Gasteiger partial charge on any atom is 0.315 e. The lowest BCUT2D eigenvalue weighted by Crippen LogP contribution is -2.40. The van der Waals surface area contributed by atoms with Gasteiger partial charge >= 0.3 is 6.03 Å². The van der Waals surface area contributed by atoms with Gasteiger partial charge in [0.1, 0.15) is 22.9 Å². The Morgan fingerprint density at radius 1 is 0.903 bits per heavy atom. The van der Waals surface area contributed by atoms with E-state index in [1.807, 2.05) is 24.3 Å². The van der Waals surface area contributed by atoms with Crippen molar-refractivity contribution in [1.29, 1.82) is 0 Å². The third-order valence-corrected chi connectivity index (χ3v) is 5.09. The van der Waals surface area contributed by atoms with Crippen molar-refractivity contribution < 1.29 is 23.1 Å². The third kappa shape index (κ3) is 6.94. The van der Waals surface area contributed by atoms with Crippen LogP contribution in [-0.2, 0) is 6.54 Å². The van der Waals surface area contributed by atoms with Crippen molar-refractivity contribution in [3.63, 3.8) is 0 Å². The predicted octanol–water partition coefficient (Wildman–Crippen LogP) is 3.91. The van der Waals surface area contributed by atoms with Crippen LogP contribution in [0.3, 0.4) is 0 Å². The molecule has 1 aliphatic carbocycles. The molecule has 2 aromatic carbocycles. The first-order valence-electron chi connectivity index (χ1n) is 10.5. The van der Waals surface area contributed by atoms with Gasteiger partial charge in [-0.2, -0.15) is 0 Å². The minimum absolute atomic E-state index is 0.0325. The van der Waals surface area contributed by atoms with Gasteiger partial charge in [0, 0.05) is 19.6 Å². The van der Waals surface area contributed by atoms with Gasteiger partial charge in [-0.05, 0) is 55.5 Å². The monoisotopic (exact) mass is 431 g/mol. The second-order valence-electron chi connectivity index (χ2n) is 7.49. The fourth-order valence-electron chi connectivity index (χ4n) is 3.50. The molecule has 0 bridgehead atoms. The molecule has 8 heteroatoms. The average Bonchev–Trinajstić information content (AvgIpc) is 2.76. The molecule has 0 spiro atoms. The molecular formula is C23H27F2N3O3. The second kappa shape index (κ2) is 11.3. The summed E-state index contributed by atoms with van der Waals surface area (Å²) in [6.07, 6.45) is 6.07. The number of carbonyl (C=O) groups is 2. The van der Waals surface area contributed by atoms with E-state index >= 15 is 0 Å². The summed E-state index contributed by atoms with van der Waals surface area (Å²) in [6.45, 7) is 0.462. The SMILES string of the molecule is O=C(NCCNC(=O)c1c(F)cccc1F)NCc1cccc(OC2CCCCC2)c1. The van der Waals surface area contributed by atoms with Crippen LogP contribution in [0.1, 0.15) is 48.0 Å². The van der Waals surface area contributed by atoms with Crippen LogP contribution in [0.5, 0.6) is 5.75 Å². The van der Waals surface area contributed by atoms with Crippen molar-refractivity contribution in [2.75, 3.05) is 13.1 Å². The lowest BCUT2D eigenvalue weighted by atomic mass is 9.98. The molecule has 2 aromatic rings. The lowest BCUT2D eigenvalue weighted by molar-refractivity contribution is 0.0945. The topological polar surface area (TPSA) is 79.5 Å². The molecule has 3 N–H and O–H groups in total. The number of halogens is 2. The number of amides is 3. The normalized spacial score (nSPS) is 14.0. The molecular weight excluding hydrogens is 404 g/mol. The Balaban J connectivity index is 1.36. The van der Waals surface area contributed by atoms with Crippen molar-refractivity contribution in [2.45, 2.75) is 44.8 Å². The Bertz CT molecular complexity index is 881. The Hall–Kier alpha value is -3.16. The summed E-state index contributed by atoms with van der Waals surface area (Å²) < 4.78 is 33.2. The van der Waals surface area contributed by atoms with E-state index in [0.29, 0.717) is 6.54 Å². The number of ether oxygens (including phenoxy) is 1. The van der Waals surface area contributed by atoms with Crippen molar-refractivity contribution in [3.05, 3.63) is 65.2 Å². The largest absolute Gasteiger partial charge is 0.490 e. The molecule has 166 valence electrons. The zero-order chi connectivity index (χ0) is 22.1. The lowest BCUT2D eigenvalue weighted by Gasteiger charge is -2.23. The number of hydrogen-bond acceptors (Lipinski definition) is 3. The quantitative estimate of drug-likeness (QED) is 0.555. The van der Waals surface area contributed by atoms with Crippen molar-refractivity contribution in [2.24, 2.45) is 0 Å². The van der Waals surface area contributed by atoms with E-state index in [1.54, 1.807) is 0 Å². The zero-order valence-corrected chi connectivity index (χ0v) is 17.3. The van der Waals surface area contributed by atoms with E-state index in [2.05, 4.69) is 16.0 Å². The fraction of sp³-hybridized carbons (Fsp3) is 0.391. The summed E-state index contributed by atoms with van der Waals surface area (Å²) in [5.41, 5.74) is 0.272. The molecule has 6 nitrogen and oxygen atoms in total. The van der Waals surface area contributed by atoms with E-state index in [9.17, 15) is 18.4 Å². The maximum atomic E-state index is 13.6. The van der Waals surface area contributed by atoms with Crippen LogP contribution in [0, 0.1) is 11.6 Å². The molecule has 1 aliphatic rings. The molecule has 1 fully saturated rings. The highest BCUT2D eigenvalue weighted by Crippen LogP contribution is 2.23. The van der Waals surface area contributed by atoms with Gasteiger partial charge in [-0.15, -0.1) is 0 Å². The van der Waals surface area contributed by atoms with Crippen molar-refractivity contribution >= 4 is 11.9 Å². The molecule has 0 aromatic heterocycles. The third-order valence-electron chi connectivity index (χ3n) is 5.09. The molecule has 0 heterocycles. The average molecular weight is 431 g/mol. The summed E-state index contributed by atoms with van der Waals surface area (Å²) in [5.74, 6) is -1.93. The molecule has 0 atom stereocenters. The van der Waals surface area contributed by atoms with E-state index in [-0.39, 0.29) is 19.2 Å². The van der Waals surface area contributed by atoms with E-state index < -0.39 is 29.1 Å². The Labute approximate surface area is 180 Å². The van der Waals surface area contributed by atoms with Crippen LogP contribution in [0.25, 0.3) is 0 Å². The molecule has 0 unspecified atom stereocenters. The highest BCUT2D eigenvalue weighted by molar-refractivity contribution is 5.94. The molecule has 3 rings (SSSR count). The first-order chi connectivity index (χ1) is 15.0. The predicted molar refractivity (Wildman–Crippen MR) is 113 cm³/mol. The number of rotatable bonds is 8. The number of benzene rings is 2. The summed E-state index contributed by atoms with van der Waals surface area (Å²) >= 11 is 0. The molecule has 3 amide bonds. The summed E-state index contributed by atoms with van der Waals surface area (Å²) in [5, 5.41) is 7.69. The van der Waals surface area contributed by atoms with Crippen LogP contribution in [0.15, 0.2) is 42.5 Å². The van der Waals surface area contributed by atoms with Gasteiger partial charge in [-0.25, -0.2) is 13.6 Å². The number of nitrogens with one attached hydrogen (secondary N) is 3.